The van der Waals surface area contributed by atoms with E-state index >= 15 is 0 Å². The third-order valence-corrected chi connectivity index (χ3v) is 3.60. The van der Waals surface area contributed by atoms with E-state index in [1.165, 1.54) is 4.88 Å². The van der Waals surface area contributed by atoms with Crippen LogP contribution in [0.3, 0.4) is 0 Å². The summed E-state index contributed by atoms with van der Waals surface area (Å²) in [5.41, 5.74) is 5.64. The lowest BCUT2D eigenvalue weighted by atomic mass is 10.4. The molecule has 0 spiro atoms. The Labute approximate surface area is 90.8 Å². The number of nitrogen functional groups attached to an aromatic ring is 1. The normalized spacial score (nSPS) is 11.0. The molecule has 0 aliphatic carbocycles. The molecule has 0 amide bonds. The number of hydrogen-bond donors (Lipinski definition) is 1. The van der Waals surface area contributed by atoms with Crippen LogP contribution in [0.25, 0.3) is 10.2 Å². The summed E-state index contributed by atoms with van der Waals surface area (Å²) < 4.78 is 0. The van der Waals surface area contributed by atoms with E-state index in [1.54, 1.807) is 23.1 Å². The molecule has 0 radical (unpaired) electrons. The van der Waals surface area contributed by atoms with Gasteiger partial charge in [-0.25, -0.2) is 9.97 Å². The molecule has 0 saturated carbocycles. The van der Waals surface area contributed by atoms with Crippen LogP contribution in [0, 0.1) is 6.92 Å². The van der Waals surface area contributed by atoms with E-state index in [-0.39, 0.29) is 0 Å². The molecular formula is C9H11N3S2. The van der Waals surface area contributed by atoms with Crippen molar-refractivity contribution < 1.29 is 0 Å². The number of rotatable bonds is 2. The van der Waals surface area contributed by atoms with Gasteiger partial charge < -0.3 is 5.73 Å². The topological polar surface area (TPSA) is 51.8 Å². The molecule has 0 aliphatic heterocycles. The van der Waals surface area contributed by atoms with E-state index in [2.05, 4.69) is 29.9 Å². The highest BCUT2D eigenvalue weighted by atomic mass is 32.2. The first-order valence-corrected chi connectivity index (χ1v) is 6.17. The van der Waals surface area contributed by atoms with Crippen molar-refractivity contribution in [2.24, 2.45) is 0 Å². The highest BCUT2D eigenvalue weighted by molar-refractivity contribution is 7.99. The highest BCUT2D eigenvalue weighted by Gasteiger charge is 2.08. The van der Waals surface area contributed by atoms with E-state index in [0.717, 1.165) is 21.0 Å². The summed E-state index contributed by atoms with van der Waals surface area (Å²) in [5, 5.41) is 2.13. The van der Waals surface area contributed by atoms with Crippen molar-refractivity contribution in [2.45, 2.75) is 18.9 Å². The van der Waals surface area contributed by atoms with E-state index in [9.17, 15) is 0 Å². The number of nitrogens with zero attached hydrogens (tertiary/aromatic N) is 2. The minimum atomic E-state index is 0.371. The molecule has 2 aromatic heterocycles. The third-order valence-electron chi connectivity index (χ3n) is 1.78. The van der Waals surface area contributed by atoms with Crippen LogP contribution >= 0.6 is 23.1 Å². The first-order chi connectivity index (χ1) is 6.70. The zero-order valence-corrected chi connectivity index (χ0v) is 9.71. The van der Waals surface area contributed by atoms with E-state index in [4.69, 9.17) is 5.73 Å². The molecule has 14 heavy (non-hydrogen) atoms. The molecule has 0 fully saturated rings. The fourth-order valence-corrected chi connectivity index (χ4v) is 2.97. The standard InChI is InChI=1S/C9H11N3S2/c1-3-13-7-6-4-5(2)14-8(6)12-9(10)11-7/h4H,3H2,1-2H3,(H2,10,11,12). The van der Waals surface area contributed by atoms with E-state index < -0.39 is 0 Å². The van der Waals surface area contributed by atoms with Gasteiger partial charge in [0.1, 0.15) is 9.86 Å². The third kappa shape index (κ3) is 1.69. The number of anilines is 1. The molecule has 3 nitrogen and oxygen atoms in total. The molecule has 2 heterocycles. The second-order valence-corrected chi connectivity index (χ2v) is 5.38. The lowest BCUT2D eigenvalue weighted by Gasteiger charge is -2.00. The van der Waals surface area contributed by atoms with Crippen LogP contribution in [0.5, 0.6) is 0 Å². The van der Waals surface area contributed by atoms with E-state index in [1.807, 2.05) is 0 Å². The average molecular weight is 225 g/mol. The van der Waals surface area contributed by atoms with Crippen LogP contribution in [-0.2, 0) is 0 Å². The van der Waals surface area contributed by atoms with Gasteiger partial charge in [-0.3, -0.25) is 0 Å². The Balaban J connectivity index is 2.66. The van der Waals surface area contributed by atoms with Crippen molar-refractivity contribution in [3.63, 3.8) is 0 Å². The van der Waals surface area contributed by atoms with Gasteiger partial charge in [-0.1, -0.05) is 6.92 Å². The van der Waals surface area contributed by atoms with Gasteiger partial charge >= 0.3 is 0 Å². The predicted octanol–water partition coefficient (Wildman–Crippen LogP) is 2.69. The Hall–Kier alpha value is -0.810. The summed E-state index contributed by atoms with van der Waals surface area (Å²) in [4.78, 5) is 10.7. The van der Waals surface area contributed by atoms with Crippen LogP contribution in [0.15, 0.2) is 11.1 Å². The number of nitrogens with two attached hydrogens (primary N) is 1. The molecular weight excluding hydrogens is 214 g/mol. The van der Waals surface area contributed by atoms with Crippen molar-refractivity contribution in [1.82, 2.24) is 9.97 Å². The van der Waals surface area contributed by atoms with E-state index in [0.29, 0.717) is 5.95 Å². The van der Waals surface area contributed by atoms with Crippen LogP contribution < -0.4 is 5.73 Å². The molecule has 0 bridgehead atoms. The van der Waals surface area contributed by atoms with Gasteiger partial charge in [0, 0.05) is 10.3 Å². The molecule has 5 heteroatoms. The fourth-order valence-electron chi connectivity index (χ4n) is 1.28. The van der Waals surface area contributed by atoms with Crippen molar-refractivity contribution in [1.29, 1.82) is 0 Å². The Morgan fingerprint density at radius 3 is 3.00 bits per heavy atom. The van der Waals surface area contributed by atoms with Crippen molar-refractivity contribution >= 4 is 39.3 Å². The summed E-state index contributed by atoms with van der Waals surface area (Å²) in [6.07, 6.45) is 0. The summed E-state index contributed by atoms with van der Waals surface area (Å²) in [6, 6.07) is 2.12. The molecule has 0 saturated heterocycles. The van der Waals surface area contributed by atoms with Crippen LogP contribution in [0.4, 0.5) is 5.95 Å². The first kappa shape index (κ1) is 9.73. The highest BCUT2D eigenvalue weighted by Crippen LogP contribution is 2.31. The van der Waals surface area contributed by atoms with Crippen LogP contribution in [0.1, 0.15) is 11.8 Å². The minimum Gasteiger partial charge on any atom is -0.368 e. The Morgan fingerprint density at radius 1 is 1.50 bits per heavy atom. The van der Waals surface area contributed by atoms with Gasteiger partial charge in [-0.15, -0.1) is 23.1 Å². The summed E-state index contributed by atoms with van der Waals surface area (Å²) >= 11 is 3.37. The Kier molecular flexibility index (Phi) is 2.60. The largest absolute Gasteiger partial charge is 0.368 e. The lowest BCUT2D eigenvalue weighted by molar-refractivity contribution is 1.13. The van der Waals surface area contributed by atoms with Gasteiger partial charge in [0.05, 0.1) is 0 Å². The van der Waals surface area contributed by atoms with Gasteiger partial charge in [-0.2, -0.15) is 0 Å². The zero-order valence-electron chi connectivity index (χ0n) is 8.07. The fraction of sp³-hybridized carbons (Fsp3) is 0.333. The van der Waals surface area contributed by atoms with Crippen molar-refractivity contribution in [2.75, 3.05) is 11.5 Å². The smallest absolute Gasteiger partial charge is 0.222 e. The van der Waals surface area contributed by atoms with Gasteiger partial charge in [0.25, 0.3) is 0 Å². The minimum absolute atomic E-state index is 0.371. The summed E-state index contributed by atoms with van der Waals surface area (Å²) in [6.45, 7) is 4.18. The maximum absolute atomic E-state index is 5.64. The molecule has 2 N–H and O–H groups in total. The molecule has 0 aliphatic rings. The number of thiophene rings is 1. The second kappa shape index (κ2) is 3.74. The number of thioether (sulfide) groups is 1. The van der Waals surface area contributed by atoms with Crippen LogP contribution in [-0.4, -0.2) is 15.7 Å². The quantitative estimate of drug-likeness (QED) is 0.630. The summed E-state index contributed by atoms with van der Waals surface area (Å²) in [5.74, 6) is 1.37. The van der Waals surface area contributed by atoms with Gasteiger partial charge in [-0.05, 0) is 18.7 Å². The molecule has 2 aromatic rings. The number of fused-ring (bicyclic) bond motifs is 1. The number of hydrogen-bond acceptors (Lipinski definition) is 5. The monoisotopic (exact) mass is 225 g/mol. The summed E-state index contributed by atoms with van der Waals surface area (Å²) in [7, 11) is 0. The molecule has 0 unspecified atom stereocenters. The zero-order chi connectivity index (χ0) is 10.1. The molecule has 74 valence electrons. The SMILES string of the molecule is CCSc1nc(N)nc2sc(C)cc12. The van der Waals surface area contributed by atoms with Crippen LogP contribution in [0.2, 0.25) is 0 Å². The van der Waals surface area contributed by atoms with Crippen molar-refractivity contribution in [3.05, 3.63) is 10.9 Å². The number of aryl methyl sites for hydroxylation is 1. The lowest BCUT2D eigenvalue weighted by Crippen LogP contribution is -1.95. The van der Waals surface area contributed by atoms with Gasteiger partial charge in [0.15, 0.2) is 0 Å². The molecule has 0 atom stereocenters. The number of aromatic nitrogens is 2. The second-order valence-electron chi connectivity index (χ2n) is 2.90. The molecule has 2 rings (SSSR count). The maximum atomic E-state index is 5.64. The predicted molar refractivity (Wildman–Crippen MR) is 63.0 cm³/mol. The van der Waals surface area contributed by atoms with Crippen molar-refractivity contribution in [3.8, 4) is 0 Å². The first-order valence-electron chi connectivity index (χ1n) is 4.37. The average Bonchev–Trinajstić information content (AvgIpc) is 2.45. The molecule has 0 aromatic carbocycles. The van der Waals surface area contributed by atoms with Gasteiger partial charge in [0.2, 0.25) is 5.95 Å². The Bertz CT molecular complexity index is 464. The Morgan fingerprint density at radius 2 is 2.29 bits per heavy atom. The maximum Gasteiger partial charge on any atom is 0.222 e.